The quantitative estimate of drug-likeness (QED) is 0.226. The highest BCUT2D eigenvalue weighted by molar-refractivity contribution is 9.10. The number of hydrogen-bond donors (Lipinski definition) is 0. The third-order valence-electron chi connectivity index (χ3n) is 5.00. The lowest BCUT2D eigenvalue weighted by Crippen LogP contribution is -2.06. The Morgan fingerprint density at radius 2 is 1.83 bits per heavy atom. The van der Waals surface area contributed by atoms with Crippen LogP contribution in [0.4, 0.5) is 0 Å². The van der Waals surface area contributed by atoms with Gasteiger partial charge in [0.25, 0.3) is 0 Å². The van der Waals surface area contributed by atoms with E-state index in [1.807, 2.05) is 0 Å². The van der Waals surface area contributed by atoms with Gasteiger partial charge in [-0.15, -0.1) is 0 Å². The van der Waals surface area contributed by atoms with E-state index in [2.05, 4.69) is 20.9 Å². The molecule has 0 N–H and O–H groups in total. The average molecular weight is 553 g/mol. The van der Waals surface area contributed by atoms with Crippen LogP contribution in [0, 0.1) is 0 Å². The van der Waals surface area contributed by atoms with Crippen LogP contribution in [0.1, 0.15) is 16.7 Å². The van der Waals surface area contributed by atoms with Crippen LogP contribution in [-0.2, 0) is 14.3 Å². The summed E-state index contributed by atoms with van der Waals surface area (Å²) in [5.74, 6) is 0.342. The molecule has 5 rings (SSSR count). The van der Waals surface area contributed by atoms with Crippen molar-refractivity contribution in [3.63, 3.8) is 0 Å². The highest BCUT2D eigenvalue weighted by Gasteiger charge is 2.26. The van der Waals surface area contributed by atoms with Gasteiger partial charge in [0.1, 0.15) is 5.75 Å². The number of carbonyl (C=O) groups excluding carboxylic acids is 2. The van der Waals surface area contributed by atoms with Crippen LogP contribution in [0.2, 0.25) is 5.02 Å². The van der Waals surface area contributed by atoms with E-state index in [0.717, 1.165) is 10.0 Å². The Labute approximate surface area is 213 Å². The Balaban J connectivity index is 1.38. The molecular formula is C26H15BrClNO6. The summed E-state index contributed by atoms with van der Waals surface area (Å²) < 4.78 is 22.3. The number of halogens is 2. The minimum Gasteiger partial charge on any atom is -0.454 e. The lowest BCUT2D eigenvalue weighted by Gasteiger charge is -2.06. The first-order valence-corrected chi connectivity index (χ1v) is 11.5. The van der Waals surface area contributed by atoms with E-state index in [1.54, 1.807) is 66.7 Å². The van der Waals surface area contributed by atoms with Gasteiger partial charge in [-0.25, -0.2) is 14.6 Å². The van der Waals surface area contributed by atoms with Crippen molar-refractivity contribution in [3.8, 4) is 17.2 Å². The summed E-state index contributed by atoms with van der Waals surface area (Å²) in [7, 11) is 0. The molecule has 0 radical (unpaired) electrons. The molecule has 3 aromatic carbocycles. The van der Waals surface area contributed by atoms with Gasteiger partial charge in [0.2, 0.25) is 12.7 Å². The molecule has 0 aromatic heterocycles. The second-order valence-corrected chi connectivity index (χ2v) is 8.74. The molecule has 2 aliphatic rings. The van der Waals surface area contributed by atoms with Crippen molar-refractivity contribution >= 4 is 57.5 Å². The normalized spacial score (nSPS) is 15.4. The Hall–Kier alpha value is -3.88. The molecule has 0 saturated heterocycles. The minimum absolute atomic E-state index is 0.0600. The molecule has 3 aromatic rings. The smallest absolute Gasteiger partial charge is 0.363 e. The second kappa shape index (κ2) is 9.77. The number of cyclic esters (lactones) is 1. The molecule has 35 heavy (non-hydrogen) atoms. The zero-order valence-corrected chi connectivity index (χ0v) is 20.2. The number of benzene rings is 3. The molecule has 9 heteroatoms. The summed E-state index contributed by atoms with van der Waals surface area (Å²) in [6.45, 7) is 0.134. The maximum absolute atomic E-state index is 12.5. The number of esters is 2. The molecule has 174 valence electrons. The number of hydrogen-bond acceptors (Lipinski definition) is 7. The number of fused-ring (bicyclic) bond motifs is 1. The van der Waals surface area contributed by atoms with E-state index < -0.39 is 11.9 Å². The van der Waals surface area contributed by atoms with Crippen LogP contribution in [-0.4, -0.2) is 24.6 Å². The molecule has 7 nitrogen and oxygen atoms in total. The third kappa shape index (κ3) is 5.29. The summed E-state index contributed by atoms with van der Waals surface area (Å²) in [6.07, 6.45) is 4.42. The SMILES string of the molecule is O=C(/C=C/c1ccc(Cl)cc1)Oc1ccc(Br)cc1/C=C1/N=C(c2ccc3c(c2)OCO3)OC1=O. The van der Waals surface area contributed by atoms with Gasteiger partial charge in [-0.3, -0.25) is 0 Å². The molecular weight excluding hydrogens is 538 g/mol. The van der Waals surface area contributed by atoms with Gasteiger partial charge in [0, 0.05) is 26.7 Å². The van der Waals surface area contributed by atoms with Gasteiger partial charge < -0.3 is 18.9 Å². The van der Waals surface area contributed by atoms with E-state index in [0.29, 0.717) is 27.6 Å². The minimum atomic E-state index is -0.627. The Morgan fingerprint density at radius 1 is 1.03 bits per heavy atom. The largest absolute Gasteiger partial charge is 0.454 e. The molecule has 0 unspecified atom stereocenters. The van der Waals surface area contributed by atoms with Crippen molar-refractivity contribution in [1.82, 2.24) is 0 Å². The van der Waals surface area contributed by atoms with Gasteiger partial charge in [-0.2, -0.15) is 0 Å². The summed E-state index contributed by atoms with van der Waals surface area (Å²) in [4.78, 5) is 29.2. The van der Waals surface area contributed by atoms with Crippen LogP contribution >= 0.6 is 27.5 Å². The van der Waals surface area contributed by atoms with Gasteiger partial charge in [-0.1, -0.05) is 39.7 Å². The summed E-state index contributed by atoms with van der Waals surface area (Å²) >= 11 is 9.28. The second-order valence-electron chi connectivity index (χ2n) is 7.39. The van der Waals surface area contributed by atoms with Gasteiger partial charge in [0.15, 0.2) is 17.2 Å². The molecule has 2 heterocycles. The molecule has 0 atom stereocenters. The lowest BCUT2D eigenvalue weighted by atomic mass is 10.1. The fraction of sp³-hybridized carbons (Fsp3) is 0.0385. The lowest BCUT2D eigenvalue weighted by molar-refractivity contribution is -0.130. The molecule has 0 bridgehead atoms. The predicted molar refractivity (Wildman–Crippen MR) is 133 cm³/mol. The van der Waals surface area contributed by atoms with E-state index in [1.165, 1.54) is 12.2 Å². The predicted octanol–water partition coefficient (Wildman–Crippen LogP) is 5.79. The van der Waals surface area contributed by atoms with Crippen molar-refractivity contribution in [2.75, 3.05) is 6.79 Å². The zero-order valence-electron chi connectivity index (χ0n) is 17.9. The van der Waals surface area contributed by atoms with E-state index in [4.69, 9.17) is 30.5 Å². The molecule has 0 saturated carbocycles. The maximum Gasteiger partial charge on any atom is 0.363 e. The first-order chi connectivity index (χ1) is 16.9. The van der Waals surface area contributed by atoms with Gasteiger partial charge >= 0.3 is 11.9 Å². The van der Waals surface area contributed by atoms with E-state index >= 15 is 0 Å². The third-order valence-corrected chi connectivity index (χ3v) is 5.74. The highest BCUT2D eigenvalue weighted by Crippen LogP contribution is 2.34. The summed E-state index contributed by atoms with van der Waals surface area (Å²) in [5.41, 5.74) is 1.89. The van der Waals surface area contributed by atoms with Gasteiger partial charge in [0.05, 0.1) is 0 Å². The van der Waals surface area contributed by atoms with Gasteiger partial charge in [-0.05, 0) is 66.2 Å². The zero-order chi connectivity index (χ0) is 24.4. The first-order valence-electron chi connectivity index (χ1n) is 10.3. The van der Waals surface area contributed by atoms with Crippen LogP contribution in [0.5, 0.6) is 17.2 Å². The van der Waals surface area contributed by atoms with Crippen molar-refractivity contribution in [2.24, 2.45) is 4.99 Å². The topological polar surface area (TPSA) is 83.4 Å². The molecule has 0 fully saturated rings. The van der Waals surface area contributed by atoms with E-state index in [9.17, 15) is 9.59 Å². The number of nitrogens with zero attached hydrogens (tertiary/aromatic N) is 1. The summed E-state index contributed by atoms with van der Waals surface area (Å²) in [5, 5.41) is 0.604. The number of carbonyl (C=O) groups is 2. The monoisotopic (exact) mass is 551 g/mol. The Morgan fingerprint density at radius 3 is 2.66 bits per heavy atom. The fourth-order valence-corrected chi connectivity index (χ4v) is 3.82. The first kappa shape index (κ1) is 22.9. The maximum atomic E-state index is 12.5. The molecule has 0 aliphatic carbocycles. The van der Waals surface area contributed by atoms with Crippen LogP contribution in [0.3, 0.4) is 0 Å². The molecule has 2 aliphatic heterocycles. The Kier molecular flexibility index (Phi) is 6.39. The molecule has 0 spiro atoms. The standard InChI is InChI=1S/C26H15BrClNO6/c27-18-5-9-21(34-24(30)10-3-15-1-6-19(28)7-2-15)17(11-18)12-20-26(31)35-25(29-20)16-4-8-22-23(13-16)33-14-32-22/h1-13H,14H2/b10-3+,20-12+. The fourth-order valence-electron chi connectivity index (χ4n) is 3.32. The van der Waals surface area contributed by atoms with Crippen molar-refractivity contribution in [1.29, 1.82) is 0 Å². The van der Waals surface area contributed by atoms with Crippen molar-refractivity contribution in [2.45, 2.75) is 0 Å². The molecule has 0 amide bonds. The number of aliphatic imine (C=N–C) groups is 1. The number of rotatable bonds is 5. The van der Waals surface area contributed by atoms with Crippen LogP contribution < -0.4 is 14.2 Å². The highest BCUT2D eigenvalue weighted by atomic mass is 79.9. The van der Waals surface area contributed by atoms with Crippen molar-refractivity contribution < 1.29 is 28.5 Å². The number of ether oxygens (including phenoxy) is 4. The Bertz CT molecular complexity index is 1430. The van der Waals surface area contributed by atoms with E-state index in [-0.39, 0.29) is 24.1 Å². The average Bonchev–Trinajstić information content (AvgIpc) is 3.46. The van der Waals surface area contributed by atoms with Crippen LogP contribution in [0.15, 0.2) is 81.9 Å². The summed E-state index contributed by atoms with van der Waals surface area (Å²) in [6, 6.07) is 17.2. The van der Waals surface area contributed by atoms with Crippen LogP contribution in [0.25, 0.3) is 12.2 Å². The van der Waals surface area contributed by atoms with Crippen molar-refractivity contribution in [3.05, 3.63) is 98.6 Å².